The van der Waals surface area contributed by atoms with E-state index < -0.39 is 17.4 Å². The van der Waals surface area contributed by atoms with E-state index in [9.17, 15) is 13.9 Å². The summed E-state index contributed by atoms with van der Waals surface area (Å²) in [6, 6.07) is 1.65. The number of rotatable bonds is 1. The molecule has 0 amide bonds. The van der Waals surface area contributed by atoms with E-state index in [-0.39, 0.29) is 22.9 Å². The van der Waals surface area contributed by atoms with Crippen LogP contribution in [0.3, 0.4) is 0 Å². The van der Waals surface area contributed by atoms with Crippen molar-refractivity contribution in [3.63, 3.8) is 0 Å². The van der Waals surface area contributed by atoms with Crippen molar-refractivity contribution in [1.29, 1.82) is 0 Å². The first-order chi connectivity index (χ1) is 6.85. The number of nitrogens with two attached hydrogens (primary N) is 1. The molecule has 2 atom stereocenters. The predicted molar refractivity (Wildman–Crippen MR) is 52.5 cm³/mol. The van der Waals surface area contributed by atoms with Crippen LogP contribution < -0.4 is 5.73 Å². The Morgan fingerprint density at radius 2 is 1.87 bits per heavy atom. The van der Waals surface area contributed by atoms with E-state index in [1.54, 1.807) is 0 Å². The zero-order chi connectivity index (χ0) is 11.4. The smallest absolute Gasteiger partial charge is 0.168 e. The Morgan fingerprint density at radius 3 is 2.33 bits per heavy atom. The van der Waals surface area contributed by atoms with Crippen molar-refractivity contribution in [2.75, 3.05) is 0 Å². The maximum Gasteiger partial charge on any atom is 0.168 e. The van der Waals surface area contributed by atoms with E-state index in [2.05, 4.69) is 0 Å². The molecular formula is C11H13F2NO. The highest BCUT2D eigenvalue weighted by atomic mass is 19.1. The zero-order valence-electron chi connectivity index (χ0n) is 8.59. The quantitative estimate of drug-likeness (QED) is 0.750. The molecule has 15 heavy (non-hydrogen) atoms. The summed E-state index contributed by atoms with van der Waals surface area (Å²) in [4.78, 5) is 0. The van der Waals surface area contributed by atoms with Crippen LogP contribution in [0.2, 0.25) is 0 Å². The first-order valence-corrected chi connectivity index (χ1v) is 4.79. The average molecular weight is 213 g/mol. The molecule has 0 saturated heterocycles. The molecule has 0 aromatic heterocycles. The highest BCUT2D eigenvalue weighted by Crippen LogP contribution is 2.59. The Kier molecular flexibility index (Phi) is 2.01. The third-order valence-electron chi connectivity index (χ3n) is 3.30. The molecule has 4 heteroatoms. The van der Waals surface area contributed by atoms with Crippen molar-refractivity contribution in [3.05, 3.63) is 29.3 Å². The van der Waals surface area contributed by atoms with Crippen molar-refractivity contribution in [2.24, 2.45) is 11.1 Å². The molecule has 0 bridgehead atoms. The number of phenols is 1. The molecular weight excluding hydrogens is 200 g/mol. The number of aromatic hydroxyl groups is 1. The number of halogens is 2. The highest BCUT2D eigenvalue weighted by Gasteiger charge is 2.57. The second kappa shape index (κ2) is 2.92. The molecule has 2 rings (SSSR count). The molecule has 1 aromatic rings. The topological polar surface area (TPSA) is 46.2 Å². The zero-order valence-corrected chi connectivity index (χ0v) is 8.59. The number of hydrogen-bond acceptors (Lipinski definition) is 2. The largest absolute Gasteiger partial charge is 0.505 e. The van der Waals surface area contributed by atoms with Crippen LogP contribution in [0.5, 0.6) is 5.75 Å². The number of benzene rings is 1. The van der Waals surface area contributed by atoms with E-state index in [0.717, 1.165) is 6.07 Å². The summed E-state index contributed by atoms with van der Waals surface area (Å²) in [6.45, 7) is 3.81. The van der Waals surface area contributed by atoms with Crippen molar-refractivity contribution in [2.45, 2.75) is 25.8 Å². The fourth-order valence-corrected chi connectivity index (χ4v) is 2.09. The van der Waals surface area contributed by atoms with Crippen molar-refractivity contribution in [1.82, 2.24) is 0 Å². The lowest BCUT2D eigenvalue weighted by Crippen LogP contribution is -2.06. The van der Waals surface area contributed by atoms with Crippen molar-refractivity contribution >= 4 is 0 Å². The van der Waals surface area contributed by atoms with Crippen LogP contribution in [0.1, 0.15) is 25.3 Å². The fraction of sp³-hybridized carbons (Fsp3) is 0.455. The second-order valence-corrected chi connectivity index (χ2v) is 4.65. The fourth-order valence-electron chi connectivity index (χ4n) is 2.09. The van der Waals surface area contributed by atoms with Crippen LogP contribution in [0, 0.1) is 17.0 Å². The van der Waals surface area contributed by atoms with Crippen LogP contribution in [0.25, 0.3) is 0 Å². The normalized spacial score (nSPS) is 27.8. The van der Waals surface area contributed by atoms with Gasteiger partial charge in [0.2, 0.25) is 0 Å². The Hall–Kier alpha value is -1.16. The molecule has 1 aliphatic carbocycles. The highest BCUT2D eigenvalue weighted by molar-refractivity contribution is 5.44. The van der Waals surface area contributed by atoms with Gasteiger partial charge in [-0.25, -0.2) is 8.78 Å². The Labute approximate surface area is 86.7 Å². The molecule has 1 aromatic carbocycles. The maximum absolute atomic E-state index is 13.1. The van der Waals surface area contributed by atoms with Gasteiger partial charge in [0.1, 0.15) is 5.82 Å². The summed E-state index contributed by atoms with van der Waals surface area (Å²) in [5.74, 6) is -2.28. The Morgan fingerprint density at radius 1 is 1.33 bits per heavy atom. The number of hydrogen-bond donors (Lipinski definition) is 2. The third kappa shape index (κ3) is 1.40. The van der Waals surface area contributed by atoms with Gasteiger partial charge in [-0.1, -0.05) is 13.8 Å². The van der Waals surface area contributed by atoms with Gasteiger partial charge in [0, 0.05) is 23.6 Å². The molecule has 82 valence electrons. The van der Waals surface area contributed by atoms with Gasteiger partial charge < -0.3 is 10.8 Å². The summed E-state index contributed by atoms with van der Waals surface area (Å²) in [5.41, 5.74) is 5.85. The van der Waals surface area contributed by atoms with Crippen molar-refractivity contribution < 1.29 is 13.9 Å². The van der Waals surface area contributed by atoms with Gasteiger partial charge in [0.05, 0.1) is 0 Å². The van der Waals surface area contributed by atoms with Gasteiger partial charge >= 0.3 is 0 Å². The average Bonchev–Trinajstić information content (AvgIpc) is 2.60. The summed E-state index contributed by atoms with van der Waals surface area (Å²) < 4.78 is 26.1. The Balaban J connectivity index is 2.47. The predicted octanol–water partition coefficient (Wildman–Crippen LogP) is 2.12. The molecule has 1 fully saturated rings. The molecule has 3 N–H and O–H groups in total. The Bertz CT molecular complexity index is 417. The molecule has 1 aliphatic rings. The van der Waals surface area contributed by atoms with Gasteiger partial charge in [0.25, 0.3) is 0 Å². The van der Waals surface area contributed by atoms with Gasteiger partial charge in [-0.15, -0.1) is 0 Å². The summed E-state index contributed by atoms with van der Waals surface area (Å²) in [6.07, 6.45) is 0. The van der Waals surface area contributed by atoms with Crippen LogP contribution in [-0.2, 0) is 0 Å². The minimum Gasteiger partial charge on any atom is -0.505 e. The minimum atomic E-state index is -0.931. The first kappa shape index (κ1) is 10.4. The van der Waals surface area contributed by atoms with Crippen LogP contribution in [-0.4, -0.2) is 11.1 Å². The van der Waals surface area contributed by atoms with E-state index in [4.69, 9.17) is 5.73 Å². The van der Waals surface area contributed by atoms with E-state index in [1.807, 2.05) is 13.8 Å². The van der Waals surface area contributed by atoms with Crippen LogP contribution in [0.15, 0.2) is 12.1 Å². The lowest BCUT2D eigenvalue weighted by atomic mass is 10.0. The molecule has 0 spiro atoms. The maximum atomic E-state index is 13.1. The SMILES string of the molecule is CC1(C)C(N)C1c1cc(F)cc(F)c1O. The van der Waals surface area contributed by atoms with Gasteiger partial charge in [-0.3, -0.25) is 0 Å². The third-order valence-corrected chi connectivity index (χ3v) is 3.30. The number of phenolic OH excluding ortho intramolecular Hbond substituents is 1. The molecule has 2 unspecified atom stereocenters. The summed E-state index contributed by atoms with van der Waals surface area (Å²) in [5, 5.41) is 9.49. The lowest BCUT2D eigenvalue weighted by Gasteiger charge is -2.06. The van der Waals surface area contributed by atoms with E-state index >= 15 is 0 Å². The second-order valence-electron chi connectivity index (χ2n) is 4.65. The van der Waals surface area contributed by atoms with E-state index in [1.165, 1.54) is 0 Å². The summed E-state index contributed by atoms with van der Waals surface area (Å²) in [7, 11) is 0. The molecule has 0 radical (unpaired) electrons. The van der Waals surface area contributed by atoms with Crippen LogP contribution in [0.4, 0.5) is 8.78 Å². The molecule has 0 heterocycles. The van der Waals surface area contributed by atoms with Gasteiger partial charge in [0.15, 0.2) is 11.6 Å². The lowest BCUT2D eigenvalue weighted by molar-refractivity contribution is 0.418. The minimum absolute atomic E-state index is 0.162. The first-order valence-electron chi connectivity index (χ1n) is 4.79. The molecule has 2 nitrogen and oxygen atoms in total. The van der Waals surface area contributed by atoms with E-state index in [0.29, 0.717) is 6.07 Å². The standard InChI is InChI=1S/C11H13F2NO/c1-11(2)8(10(11)14)6-3-5(12)4-7(13)9(6)15/h3-4,8,10,15H,14H2,1-2H3. The molecule has 1 saturated carbocycles. The monoisotopic (exact) mass is 213 g/mol. The van der Waals surface area contributed by atoms with Gasteiger partial charge in [-0.05, 0) is 11.5 Å². The van der Waals surface area contributed by atoms with Gasteiger partial charge in [-0.2, -0.15) is 0 Å². The van der Waals surface area contributed by atoms with Crippen LogP contribution >= 0.6 is 0 Å². The molecule has 0 aliphatic heterocycles. The van der Waals surface area contributed by atoms with Crippen molar-refractivity contribution in [3.8, 4) is 5.75 Å². The summed E-state index contributed by atoms with van der Waals surface area (Å²) >= 11 is 0.